The van der Waals surface area contributed by atoms with E-state index < -0.39 is 0 Å². The summed E-state index contributed by atoms with van der Waals surface area (Å²) < 4.78 is 5.62. The Bertz CT molecular complexity index is 457. The van der Waals surface area contributed by atoms with Gasteiger partial charge in [0, 0.05) is 25.0 Å². The molecule has 0 atom stereocenters. The minimum absolute atomic E-state index is 0.141. The van der Waals surface area contributed by atoms with Gasteiger partial charge in [-0.1, -0.05) is 12.1 Å². The molecule has 4 heteroatoms. The highest BCUT2D eigenvalue weighted by atomic mass is 16.5. The van der Waals surface area contributed by atoms with E-state index >= 15 is 0 Å². The fourth-order valence-electron chi connectivity index (χ4n) is 2.38. The normalized spacial score (nSPS) is 19.1. The van der Waals surface area contributed by atoms with Gasteiger partial charge in [0.1, 0.15) is 5.75 Å². The summed E-state index contributed by atoms with van der Waals surface area (Å²) >= 11 is 0. The van der Waals surface area contributed by atoms with Crippen LogP contribution in [0, 0.1) is 0 Å². The number of anilines is 1. The maximum atomic E-state index is 12.4. The van der Waals surface area contributed by atoms with E-state index in [9.17, 15) is 4.79 Å². The van der Waals surface area contributed by atoms with Crippen LogP contribution in [0.2, 0.25) is 0 Å². The summed E-state index contributed by atoms with van der Waals surface area (Å²) in [7, 11) is 0. The summed E-state index contributed by atoms with van der Waals surface area (Å²) in [6.45, 7) is 8.13. The van der Waals surface area contributed by atoms with Crippen molar-refractivity contribution in [3.05, 3.63) is 24.3 Å². The average Bonchev–Trinajstić information content (AvgIpc) is 2.48. The first-order valence-electron chi connectivity index (χ1n) is 6.81. The quantitative estimate of drug-likeness (QED) is 0.908. The van der Waals surface area contributed by atoms with Crippen molar-refractivity contribution < 1.29 is 9.53 Å². The van der Waals surface area contributed by atoms with Crippen molar-refractivity contribution in [2.75, 3.05) is 24.6 Å². The van der Waals surface area contributed by atoms with Gasteiger partial charge in [-0.15, -0.1) is 0 Å². The van der Waals surface area contributed by atoms with Crippen LogP contribution in [0.25, 0.3) is 0 Å². The number of rotatable bonds is 3. The number of benzene rings is 1. The van der Waals surface area contributed by atoms with Crippen molar-refractivity contribution in [3.8, 4) is 5.75 Å². The smallest absolute Gasteiger partial charge is 0.228 e. The van der Waals surface area contributed by atoms with E-state index in [-0.39, 0.29) is 11.4 Å². The third kappa shape index (κ3) is 3.26. The molecule has 2 rings (SSSR count). The molecule has 0 aromatic heterocycles. The summed E-state index contributed by atoms with van der Waals surface area (Å²) in [6.07, 6.45) is 0.494. The summed E-state index contributed by atoms with van der Waals surface area (Å²) in [5.74, 6) is 0.917. The molecule has 0 aliphatic carbocycles. The van der Waals surface area contributed by atoms with E-state index in [4.69, 9.17) is 4.74 Å². The highest BCUT2D eigenvalue weighted by molar-refractivity contribution is 5.95. The second-order valence-corrected chi connectivity index (χ2v) is 5.43. The van der Waals surface area contributed by atoms with Crippen molar-refractivity contribution >= 4 is 11.6 Å². The number of carbonyl (C=O) groups is 1. The van der Waals surface area contributed by atoms with Crippen LogP contribution in [0.5, 0.6) is 5.75 Å². The SMILES string of the molecule is CCOc1ccccc1N1CCNC(C)(C)CC1=O. The lowest BCUT2D eigenvalue weighted by Crippen LogP contribution is -2.39. The first-order valence-corrected chi connectivity index (χ1v) is 6.81. The molecule has 1 aliphatic heterocycles. The molecule has 0 unspecified atom stereocenters. The van der Waals surface area contributed by atoms with Crippen molar-refractivity contribution in [1.29, 1.82) is 0 Å². The Balaban J connectivity index is 2.28. The molecular weight excluding hydrogens is 240 g/mol. The Morgan fingerprint density at radius 3 is 2.84 bits per heavy atom. The van der Waals surface area contributed by atoms with Gasteiger partial charge >= 0.3 is 0 Å². The molecule has 4 nitrogen and oxygen atoms in total. The molecule has 1 amide bonds. The molecular formula is C15H22N2O2. The topological polar surface area (TPSA) is 41.6 Å². The lowest BCUT2D eigenvalue weighted by molar-refractivity contribution is -0.119. The molecule has 104 valence electrons. The molecule has 1 fully saturated rings. The van der Waals surface area contributed by atoms with E-state index in [2.05, 4.69) is 19.2 Å². The maximum Gasteiger partial charge on any atom is 0.228 e. The number of hydrogen-bond donors (Lipinski definition) is 1. The Kier molecular flexibility index (Phi) is 4.10. The minimum atomic E-state index is -0.146. The van der Waals surface area contributed by atoms with Gasteiger partial charge in [0.25, 0.3) is 0 Å². The zero-order valence-electron chi connectivity index (χ0n) is 11.9. The van der Waals surface area contributed by atoms with Gasteiger partial charge in [-0.05, 0) is 32.9 Å². The average molecular weight is 262 g/mol. The number of nitrogens with one attached hydrogen (secondary N) is 1. The van der Waals surface area contributed by atoms with Gasteiger partial charge in [0.2, 0.25) is 5.91 Å². The van der Waals surface area contributed by atoms with Gasteiger partial charge in [-0.25, -0.2) is 0 Å². The largest absolute Gasteiger partial charge is 0.492 e. The monoisotopic (exact) mass is 262 g/mol. The van der Waals surface area contributed by atoms with E-state index in [1.54, 1.807) is 0 Å². The molecule has 19 heavy (non-hydrogen) atoms. The Hall–Kier alpha value is -1.55. The van der Waals surface area contributed by atoms with Crippen LogP contribution in [0.4, 0.5) is 5.69 Å². The van der Waals surface area contributed by atoms with Crippen molar-refractivity contribution in [2.45, 2.75) is 32.7 Å². The first kappa shape index (κ1) is 13.9. The van der Waals surface area contributed by atoms with Gasteiger partial charge < -0.3 is 15.0 Å². The molecule has 1 saturated heterocycles. The fourth-order valence-corrected chi connectivity index (χ4v) is 2.38. The van der Waals surface area contributed by atoms with Gasteiger partial charge in [-0.2, -0.15) is 0 Å². The van der Waals surface area contributed by atoms with E-state index in [1.165, 1.54) is 0 Å². The van der Waals surface area contributed by atoms with Gasteiger partial charge in [-0.3, -0.25) is 4.79 Å². The Morgan fingerprint density at radius 1 is 1.37 bits per heavy atom. The minimum Gasteiger partial charge on any atom is -0.492 e. The van der Waals surface area contributed by atoms with Gasteiger partial charge in [0.15, 0.2) is 0 Å². The van der Waals surface area contributed by atoms with Gasteiger partial charge in [0.05, 0.1) is 12.3 Å². The molecule has 0 radical (unpaired) electrons. The highest BCUT2D eigenvalue weighted by Crippen LogP contribution is 2.30. The van der Waals surface area contributed by atoms with Crippen LogP contribution in [-0.2, 0) is 4.79 Å². The molecule has 0 saturated carbocycles. The van der Waals surface area contributed by atoms with Crippen molar-refractivity contribution in [3.63, 3.8) is 0 Å². The second kappa shape index (κ2) is 5.61. The Morgan fingerprint density at radius 2 is 2.11 bits per heavy atom. The number of para-hydroxylation sites is 2. The van der Waals surface area contributed by atoms with Crippen LogP contribution in [0.15, 0.2) is 24.3 Å². The van der Waals surface area contributed by atoms with Crippen LogP contribution in [0.1, 0.15) is 27.2 Å². The predicted molar refractivity (Wildman–Crippen MR) is 76.7 cm³/mol. The number of carbonyl (C=O) groups excluding carboxylic acids is 1. The third-order valence-electron chi connectivity index (χ3n) is 3.29. The molecule has 1 aromatic rings. The molecule has 1 heterocycles. The van der Waals surface area contributed by atoms with E-state index in [0.29, 0.717) is 19.6 Å². The second-order valence-electron chi connectivity index (χ2n) is 5.43. The molecule has 1 aromatic carbocycles. The first-order chi connectivity index (χ1) is 9.03. The fraction of sp³-hybridized carbons (Fsp3) is 0.533. The molecule has 0 bridgehead atoms. The highest BCUT2D eigenvalue weighted by Gasteiger charge is 2.30. The Labute approximate surface area is 114 Å². The summed E-state index contributed by atoms with van der Waals surface area (Å²) in [6, 6.07) is 7.73. The number of nitrogens with zero attached hydrogens (tertiary/aromatic N) is 1. The molecule has 1 N–H and O–H groups in total. The lowest BCUT2D eigenvalue weighted by Gasteiger charge is -2.24. The van der Waals surface area contributed by atoms with Crippen LogP contribution >= 0.6 is 0 Å². The molecule has 0 spiro atoms. The number of ether oxygens (including phenoxy) is 1. The van der Waals surface area contributed by atoms with E-state index in [1.807, 2.05) is 36.1 Å². The number of hydrogen-bond acceptors (Lipinski definition) is 3. The van der Waals surface area contributed by atoms with Crippen molar-refractivity contribution in [1.82, 2.24) is 5.32 Å². The van der Waals surface area contributed by atoms with Crippen LogP contribution < -0.4 is 15.0 Å². The predicted octanol–water partition coefficient (Wildman–Crippen LogP) is 2.19. The standard InChI is InChI=1S/C15H22N2O2/c1-4-19-13-8-6-5-7-12(13)17-10-9-16-15(2,3)11-14(17)18/h5-8,16H,4,9-11H2,1-3H3. The van der Waals surface area contributed by atoms with Crippen LogP contribution in [-0.4, -0.2) is 31.1 Å². The maximum absolute atomic E-state index is 12.4. The van der Waals surface area contributed by atoms with Crippen molar-refractivity contribution in [2.24, 2.45) is 0 Å². The van der Waals surface area contributed by atoms with Crippen LogP contribution in [0.3, 0.4) is 0 Å². The zero-order chi connectivity index (χ0) is 13.9. The summed E-state index contributed by atoms with van der Waals surface area (Å²) in [4.78, 5) is 14.2. The molecule has 1 aliphatic rings. The lowest BCUT2D eigenvalue weighted by atomic mass is 10.0. The summed E-state index contributed by atoms with van der Waals surface area (Å²) in [5.41, 5.74) is 0.723. The third-order valence-corrected chi connectivity index (χ3v) is 3.29. The number of amides is 1. The summed E-state index contributed by atoms with van der Waals surface area (Å²) in [5, 5.41) is 3.40. The zero-order valence-corrected chi connectivity index (χ0v) is 11.9. The van der Waals surface area contributed by atoms with E-state index in [0.717, 1.165) is 18.0 Å².